The van der Waals surface area contributed by atoms with E-state index in [4.69, 9.17) is 11.6 Å². The van der Waals surface area contributed by atoms with Crippen molar-refractivity contribution in [2.45, 2.75) is 22.7 Å². The Kier molecular flexibility index (Phi) is 6.01. The van der Waals surface area contributed by atoms with Crippen molar-refractivity contribution < 1.29 is 18.0 Å². The van der Waals surface area contributed by atoms with Gasteiger partial charge in [-0.1, -0.05) is 28.1 Å². The highest BCUT2D eigenvalue weighted by atomic mass is 79.9. The Bertz CT molecular complexity index is 437. The smallest absolute Gasteiger partial charge is 0.298 e. The molecule has 0 bridgehead atoms. The van der Waals surface area contributed by atoms with E-state index < -0.39 is 5.51 Å². The number of Topliss-reactive ketones (excluding diaryl/α,β-unsaturated/α-hetero) is 1. The van der Waals surface area contributed by atoms with Gasteiger partial charge in [-0.05, 0) is 29.0 Å². The predicted octanol–water partition coefficient (Wildman–Crippen LogP) is 4.54. The van der Waals surface area contributed by atoms with Gasteiger partial charge in [-0.15, -0.1) is 11.6 Å². The summed E-state index contributed by atoms with van der Waals surface area (Å²) in [5.74, 6) is -0.103. The molecule has 0 saturated heterocycles. The molecule has 18 heavy (non-hydrogen) atoms. The van der Waals surface area contributed by atoms with Crippen LogP contribution < -0.4 is 0 Å². The van der Waals surface area contributed by atoms with Gasteiger partial charge in [0.25, 0.3) is 0 Å². The summed E-state index contributed by atoms with van der Waals surface area (Å²) in [4.78, 5) is 11.4. The van der Waals surface area contributed by atoms with Gasteiger partial charge in [0.15, 0.2) is 0 Å². The minimum atomic E-state index is -4.38. The first-order chi connectivity index (χ1) is 8.37. The lowest BCUT2D eigenvalue weighted by atomic mass is 10.0. The maximum absolute atomic E-state index is 12.4. The fourth-order valence-corrected chi connectivity index (χ4v) is 2.57. The Hall–Kier alpha value is -0.200. The van der Waals surface area contributed by atoms with Gasteiger partial charge < -0.3 is 0 Å². The highest BCUT2D eigenvalue weighted by Crippen LogP contribution is 2.39. The molecule has 0 atom stereocenters. The van der Waals surface area contributed by atoms with Gasteiger partial charge in [0.1, 0.15) is 5.78 Å². The molecule has 0 radical (unpaired) electrons. The van der Waals surface area contributed by atoms with Gasteiger partial charge in [0, 0.05) is 17.2 Å². The number of hydrogen-bond donors (Lipinski definition) is 0. The third-order valence-electron chi connectivity index (χ3n) is 2.12. The normalized spacial score (nSPS) is 11.6. The first-order valence-electron chi connectivity index (χ1n) is 4.87. The average molecular weight is 362 g/mol. The zero-order chi connectivity index (χ0) is 13.8. The molecule has 0 aliphatic heterocycles. The van der Waals surface area contributed by atoms with Crippen molar-refractivity contribution in [3.8, 4) is 0 Å². The van der Waals surface area contributed by atoms with Gasteiger partial charge in [0.2, 0.25) is 0 Å². The van der Waals surface area contributed by atoms with Crippen LogP contribution in [0.15, 0.2) is 23.1 Å². The van der Waals surface area contributed by atoms with Crippen molar-refractivity contribution in [3.63, 3.8) is 0 Å². The summed E-state index contributed by atoms with van der Waals surface area (Å²) in [7, 11) is 0. The number of thioether (sulfide) groups is 1. The van der Waals surface area contributed by atoms with Crippen LogP contribution in [0.3, 0.4) is 0 Å². The first-order valence-corrected chi connectivity index (χ1v) is 7.34. The van der Waals surface area contributed by atoms with Crippen LogP contribution in [0.2, 0.25) is 0 Å². The summed E-state index contributed by atoms with van der Waals surface area (Å²) in [5.41, 5.74) is -3.46. The number of halogens is 5. The summed E-state index contributed by atoms with van der Waals surface area (Å²) in [5, 5.41) is 0.111. The molecule has 100 valence electrons. The Labute approximate surface area is 120 Å². The van der Waals surface area contributed by atoms with E-state index in [-0.39, 0.29) is 40.1 Å². The zero-order valence-electron chi connectivity index (χ0n) is 9.06. The van der Waals surface area contributed by atoms with Crippen molar-refractivity contribution in [2.75, 3.05) is 5.33 Å². The Morgan fingerprint density at radius 3 is 2.56 bits per heavy atom. The lowest BCUT2D eigenvalue weighted by molar-refractivity contribution is -0.115. The standard InChI is InChI=1S/C11H9BrClF3OS/c12-5-8(17)4-9-7(6-13)2-1-3-10(9)18-11(14,15)16/h1-3H,4-6H2. The van der Waals surface area contributed by atoms with E-state index in [1.165, 1.54) is 12.1 Å². The van der Waals surface area contributed by atoms with Crippen molar-refractivity contribution in [1.29, 1.82) is 0 Å². The van der Waals surface area contributed by atoms with Crippen LogP contribution in [0.1, 0.15) is 11.1 Å². The second-order valence-corrected chi connectivity index (χ2v) is 5.36. The van der Waals surface area contributed by atoms with Crippen LogP contribution in [-0.2, 0) is 17.1 Å². The van der Waals surface area contributed by atoms with Gasteiger partial charge in [0.05, 0.1) is 5.33 Å². The summed E-state index contributed by atoms with van der Waals surface area (Å²) in [6.07, 6.45) is -0.0491. The molecule has 0 unspecified atom stereocenters. The molecule has 1 nitrogen and oxygen atoms in total. The van der Waals surface area contributed by atoms with Crippen LogP contribution in [0.4, 0.5) is 13.2 Å². The molecule has 1 aromatic carbocycles. The molecule has 0 amide bonds. The molecule has 0 spiro atoms. The first kappa shape index (κ1) is 15.9. The number of hydrogen-bond acceptors (Lipinski definition) is 2. The van der Waals surface area contributed by atoms with E-state index in [9.17, 15) is 18.0 Å². The Morgan fingerprint density at radius 2 is 2.06 bits per heavy atom. The lowest BCUT2D eigenvalue weighted by Gasteiger charge is -2.13. The third-order valence-corrected chi connectivity index (χ3v) is 3.87. The number of carbonyl (C=O) groups is 1. The number of carbonyl (C=O) groups excluding carboxylic acids is 1. The molecular weight excluding hydrogens is 353 g/mol. The SMILES string of the molecule is O=C(CBr)Cc1c(CCl)cccc1SC(F)(F)F. The number of benzene rings is 1. The summed E-state index contributed by atoms with van der Waals surface area (Å²) in [6.45, 7) is 0. The molecule has 0 aliphatic carbocycles. The van der Waals surface area contributed by atoms with Crippen molar-refractivity contribution >= 4 is 45.1 Å². The van der Waals surface area contributed by atoms with Gasteiger partial charge >= 0.3 is 5.51 Å². The van der Waals surface area contributed by atoms with Gasteiger partial charge in [-0.3, -0.25) is 4.79 Å². The second kappa shape index (κ2) is 6.82. The van der Waals surface area contributed by atoms with Crippen LogP contribution in [0.5, 0.6) is 0 Å². The molecule has 1 rings (SSSR count). The second-order valence-electron chi connectivity index (χ2n) is 3.42. The van der Waals surface area contributed by atoms with E-state index >= 15 is 0 Å². The van der Waals surface area contributed by atoms with Crippen LogP contribution >= 0.6 is 39.3 Å². The molecule has 0 aromatic heterocycles. The molecule has 0 N–H and O–H groups in total. The topological polar surface area (TPSA) is 17.1 Å². The Morgan fingerprint density at radius 1 is 1.39 bits per heavy atom. The van der Waals surface area contributed by atoms with Crippen molar-refractivity contribution in [2.24, 2.45) is 0 Å². The van der Waals surface area contributed by atoms with E-state index in [2.05, 4.69) is 15.9 Å². The van der Waals surface area contributed by atoms with Crippen LogP contribution in [0, 0.1) is 0 Å². The highest BCUT2D eigenvalue weighted by molar-refractivity contribution is 9.09. The van der Waals surface area contributed by atoms with Gasteiger partial charge in [-0.25, -0.2) is 0 Å². The summed E-state index contributed by atoms with van der Waals surface area (Å²) < 4.78 is 37.2. The number of rotatable bonds is 5. The number of ketones is 1. The molecule has 0 saturated carbocycles. The quantitative estimate of drug-likeness (QED) is 0.565. The average Bonchev–Trinajstić information content (AvgIpc) is 2.29. The molecule has 7 heteroatoms. The monoisotopic (exact) mass is 360 g/mol. The zero-order valence-corrected chi connectivity index (χ0v) is 12.2. The Balaban J connectivity index is 3.12. The minimum absolute atomic E-state index is 0.0370. The molecule has 0 aliphatic rings. The molecule has 1 aromatic rings. The van der Waals surface area contributed by atoms with E-state index in [1.54, 1.807) is 6.07 Å². The van der Waals surface area contributed by atoms with Crippen LogP contribution in [0.25, 0.3) is 0 Å². The maximum atomic E-state index is 12.4. The number of alkyl halides is 5. The minimum Gasteiger partial charge on any atom is -0.298 e. The summed E-state index contributed by atoms with van der Waals surface area (Å²) in [6, 6.07) is 4.49. The van der Waals surface area contributed by atoms with Gasteiger partial charge in [-0.2, -0.15) is 13.2 Å². The highest BCUT2D eigenvalue weighted by Gasteiger charge is 2.31. The summed E-state index contributed by atoms with van der Waals surface area (Å²) >= 11 is 8.46. The maximum Gasteiger partial charge on any atom is 0.446 e. The molecular formula is C11H9BrClF3OS. The van der Waals surface area contributed by atoms with Crippen LogP contribution in [-0.4, -0.2) is 16.6 Å². The third kappa shape index (κ3) is 4.82. The van der Waals surface area contributed by atoms with Crippen molar-refractivity contribution in [3.05, 3.63) is 29.3 Å². The molecule has 0 heterocycles. The van der Waals surface area contributed by atoms with E-state index in [1.807, 2.05) is 0 Å². The molecule has 0 fully saturated rings. The van der Waals surface area contributed by atoms with Crippen molar-refractivity contribution in [1.82, 2.24) is 0 Å². The van der Waals surface area contributed by atoms with E-state index in [0.29, 0.717) is 11.1 Å². The lowest BCUT2D eigenvalue weighted by Crippen LogP contribution is -2.09. The largest absolute Gasteiger partial charge is 0.446 e. The fraction of sp³-hybridized carbons (Fsp3) is 0.364. The fourth-order valence-electron chi connectivity index (χ4n) is 1.40. The van der Waals surface area contributed by atoms with E-state index in [0.717, 1.165) is 0 Å². The predicted molar refractivity (Wildman–Crippen MR) is 70.4 cm³/mol.